The van der Waals surface area contributed by atoms with Gasteiger partial charge in [-0.25, -0.2) is 4.98 Å². The van der Waals surface area contributed by atoms with Crippen molar-refractivity contribution in [3.05, 3.63) is 66.1 Å². The zero-order chi connectivity index (χ0) is 21.6. The molecule has 7 nitrogen and oxygen atoms in total. The highest BCUT2D eigenvalue weighted by Crippen LogP contribution is 2.18. The van der Waals surface area contributed by atoms with E-state index in [1.54, 1.807) is 20.1 Å². The lowest BCUT2D eigenvalue weighted by Gasteiger charge is -2.08. The predicted octanol–water partition coefficient (Wildman–Crippen LogP) is 4.22. The quantitative estimate of drug-likeness (QED) is 0.427. The number of hydrogen-bond donors (Lipinski definition) is 0. The molecule has 7 heteroatoms. The molecule has 0 unspecified atom stereocenters. The summed E-state index contributed by atoms with van der Waals surface area (Å²) in [5, 5.41) is 0. The first-order chi connectivity index (χ1) is 14.6. The van der Waals surface area contributed by atoms with Gasteiger partial charge in [-0.15, -0.1) is 0 Å². The third-order valence-corrected chi connectivity index (χ3v) is 3.84. The number of benzene rings is 1. The summed E-state index contributed by atoms with van der Waals surface area (Å²) in [6, 6.07) is 16.5. The van der Waals surface area contributed by atoms with E-state index in [1.165, 1.54) is 0 Å². The van der Waals surface area contributed by atoms with Crippen LogP contribution in [0.1, 0.15) is 31.3 Å². The van der Waals surface area contributed by atoms with Gasteiger partial charge in [-0.05, 0) is 50.6 Å². The molecule has 0 amide bonds. The van der Waals surface area contributed by atoms with Gasteiger partial charge in [0, 0.05) is 18.2 Å². The maximum absolute atomic E-state index is 11.3. The van der Waals surface area contributed by atoms with Gasteiger partial charge < -0.3 is 18.9 Å². The number of carbonyl (C=O) groups excluding carboxylic acids is 1. The van der Waals surface area contributed by atoms with E-state index in [0.717, 1.165) is 5.69 Å². The van der Waals surface area contributed by atoms with Crippen LogP contribution in [0.25, 0.3) is 0 Å². The molecule has 0 spiro atoms. The van der Waals surface area contributed by atoms with E-state index in [1.807, 2.05) is 55.5 Å². The highest BCUT2D eigenvalue weighted by molar-refractivity contribution is 5.69. The van der Waals surface area contributed by atoms with Crippen LogP contribution in [0.4, 0.5) is 0 Å². The number of methoxy groups -OCH3 is 1. The van der Waals surface area contributed by atoms with Gasteiger partial charge in [0.1, 0.15) is 18.1 Å². The van der Waals surface area contributed by atoms with Crippen LogP contribution in [0.5, 0.6) is 17.4 Å². The Balaban J connectivity index is 1.93. The molecule has 0 radical (unpaired) electrons. The summed E-state index contributed by atoms with van der Waals surface area (Å²) >= 11 is 0. The van der Waals surface area contributed by atoms with Gasteiger partial charge in [-0.2, -0.15) is 4.98 Å². The van der Waals surface area contributed by atoms with E-state index in [4.69, 9.17) is 18.9 Å². The van der Waals surface area contributed by atoms with Crippen LogP contribution >= 0.6 is 0 Å². The van der Waals surface area contributed by atoms with Gasteiger partial charge in [0.15, 0.2) is 5.82 Å². The number of aryl methyl sites for hydroxylation is 1. The summed E-state index contributed by atoms with van der Waals surface area (Å²) in [7, 11) is 1.56. The number of esters is 1. The summed E-state index contributed by atoms with van der Waals surface area (Å²) in [6.45, 7) is 4.72. The Morgan fingerprint density at radius 2 is 1.63 bits per heavy atom. The maximum atomic E-state index is 11.3. The highest BCUT2D eigenvalue weighted by Gasteiger charge is 2.03. The van der Waals surface area contributed by atoms with Crippen LogP contribution in [-0.2, 0) is 16.1 Å². The second-order valence-electron chi connectivity index (χ2n) is 6.25. The van der Waals surface area contributed by atoms with Crippen LogP contribution in [0.15, 0.2) is 54.6 Å². The molecule has 0 N–H and O–H groups in total. The SMILES string of the molecule is CCOC(=O)CCCOc1ccc(OCc2nc(C)cccccc(OC)n2)cc1. The molecule has 2 aromatic rings. The molecule has 0 aliphatic heterocycles. The molecule has 0 aliphatic rings. The topological polar surface area (TPSA) is 79.8 Å². The van der Waals surface area contributed by atoms with Gasteiger partial charge in [0.05, 0.1) is 20.3 Å². The fourth-order valence-corrected chi connectivity index (χ4v) is 2.43. The van der Waals surface area contributed by atoms with Crippen LogP contribution in [0.2, 0.25) is 0 Å². The average molecular weight is 412 g/mol. The van der Waals surface area contributed by atoms with E-state index < -0.39 is 0 Å². The number of aromatic nitrogens is 2. The summed E-state index contributed by atoms with van der Waals surface area (Å²) in [6.07, 6.45) is 0.952. The van der Waals surface area contributed by atoms with E-state index in [9.17, 15) is 4.79 Å². The highest BCUT2D eigenvalue weighted by atomic mass is 16.5. The summed E-state index contributed by atoms with van der Waals surface area (Å²) < 4.78 is 21.6. The van der Waals surface area contributed by atoms with Crippen LogP contribution < -0.4 is 14.2 Å². The van der Waals surface area contributed by atoms with Crippen molar-refractivity contribution in [3.8, 4) is 17.4 Å². The summed E-state index contributed by atoms with van der Waals surface area (Å²) in [5.74, 6) is 2.12. The Morgan fingerprint density at radius 3 is 2.33 bits per heavy atom. The number of nitrogens with zero attached hydrogens (tertiary/aromatic N) is 2. The molecule has 0 bridgehead atoms. The average Bonchev–Trinajstić information content (AvgIpc) is 2.75. The monoisotopic (exact) mass is 412 g/mol. The molecule has 160 valence electrons. The first-order valence-corrected chi connectivity index (χ1v) is 9.84. The largest absolute Gasteiger partial charge is 0.494 e. The first-order valence-electron chi connectivity index (χ1n) is 9.84. The van der Waals surface area contributed by atoms with E-state index >= 15 is 0 Å². The van der Waals surface area contributed by atoms with E-state index in [2.05, 4.69) is 9.97 Å². The second kappa shape index (κ2) is 13.0. The van der Waals surface area contributed by atoms with Gasteiger partial charge in [-0.3, -0.25) is 4.79 Å². The van der Waals surface area contributed by atoms with E-state index in [0.29, 0.717) is 49.3 Å². The molecule has 1 heterocycles. The van der Waals surface area contributed by atoms with Gasteiger partial charge in [0.2, 0.25) is 5.88 Å². The summed E-state index contributed by atoms with van der Waals surface area (Å²) in [5.41, 5.74) is 0.811. The zero-order valence-electron chi connectivity index (χ0n) is 17.7. The fraction of sp³-hybridized carbons (Fsp3) is 0.348. The molecule has 1 aromatic heterocycles. The normalized spacial score (nSPS) is 9.97. The number of ether oxygens (including phenoxy) is 4. The third kappa shape index (κ3) is 8.77. The lowest BCUT2D eigenvalue weighted by Crippen LogP contribution is -2.06. The molecule has 0 fully saturated rings. The molecule has 1 aromatic carbocycles. The Hall–Kier alpha value is -3.35. The maximum Gasteiger partial charge on any atom is 0.305 e. The number of hydrogen-bond acceptors (Lipinski definition) is 7. The molecular weight excluding hydrogens is 384 g/mol. The molecule has 0 aliphatic carbocycles. The molecule has 0 saturated carbocycles. The minimum Gasteiger partial charge on any atom is -0.494 e. The first kappa shape index (κ1) is 22.9. The van der Waals surface area contributed by atoms with Gasteiger partial charge in [0.25, 0.3) is 0 Å². The number of rotatable bonds is 10. The smallest absolute Gasteiger partial charge is 0.305 e. The minimum atomic E-state index is -0.204. The minimum absolute atomic E-state index is 0.190. The van der Waals surface area contributed by atoms with Crippen LogP contribution in [0, 0.1) is 6.92 Å². The third-order valence-electron chi connectivity index (χ3n) is 3.84. The molecule has 0 atom stereocenters. The Kier molecular flexibility index (Phi) is 9.92. The van der Waals surface area contributed by atoms with Crippen molar-refractivity contribution in [3.63, 3.8) is 0 Å². The van der Waals surface area contributed by atoms with Crippen molar-refractivity contribution >= 4 is 5.97 Å². The molecule has 30 heavy (non-hydrogen) atoms. The standard InChI is InChI=1S/C23H28N2O5/c1-4-28-23(26)11-8-16-29-19-12-14-20(15-13-19)30-17-21-24-18(2)9-6-5-7-10-22(25-21)27-3/h5-7,9-10,12-15H,4,8,11,16-17H2,1-3H3. The van der Waals surface area contributed by atoms with Crippen molar-refractivity contribution in [2.24, 2.45) is 0 Å². The van der Waals surface area contributed by atoms with E-state index in [-0.39, 0.29) is 12.6 Å². The summed E-state index contributed by atoms with van der Waals surface area (Å²) in [4.78, 5) is 20.2. The van der Waals surface area contributed by atoms with Crippen molar-refractivity contribution in [2.75, 3.05) is 20.3 Å². The predicted molar refractivity (Wildman–Crippen MR) is 113 cm³/mol. The molecule has 2 rings (SSSR count). The van der Waals surface area contributed by atoms with Gasteiger partial charge in [-0.1, -0.05) is 18.2 Å². The Bertz CT molecular complexity index is 854. The van der Waals surface area contributed by atoms with Crippen molar-refractivity contribution in [1.82, 2.24) is 9.97 Å². The van der Waals surface area contributed by atoms with Crippen LogP contribution in [0.3, 0.4) is 0 Å². The van der Waals surface area contributed by atoms with Gasteiger partial charge >= 0.3 is 5.97 Å². The molecule has 0 saturated heterocycles. The van der Waals surface area contributed by atoms with Crippen LogP contribution in [-0.4, -0.2) is 36.3 Å². The Morgan fingerprint density at radius 1 is 0.933 bits per heavy atom. The lowest BCUT2D eigenvalue weighted by atomic mass is 10.3. The lowest BCUT2D eigenvalue weighted by molar-refractivity contribution is -0.143. The van der Waals surface area contributed by atoms with Crippen molar-refractivity contribution in [2.45, 2.75) is 33.3 Å². The second-order valence-corrected chi connectivity index (χ2v) is 6.25. The van der Waals surface area contributed by atoms with Crippen molar-refractivity contribution in [1.29, 1.82) is 0 Å². The number of carbonyl (C=O) groups is 1. The Labute approximate surface area is 177 Å². The fourth-order valence-electron chi connectivity index (χ4n) is 2.43. The zero-order valence-corrected chi connectivity index (χ0v) is 17.7. The van der Waals surface area contributed by atoms with Crippen molar-refractivity contribution < 1.29 is 23.7 Å². The molecular formula is C23H28N2O5.